The third-order valence-corrected chi connectivity index (χ3v) is 5.68. The molecular weight excluding hydrogens is 404 g/mol. The maximum absolute atomic E-state index is 12.5. The van der Waals surface area contributed by atoms with Gasteiger partial charge in [-0.3, -0.25) is 4.79 Å². The summed E-state index contributed by atoms with van der Waals surface area (Å²) in [6.07, 6.45) is 2.43. The number of hydrogen-bond acceptors (Lipinski definition) is 4. The second-order valence-electron chi connectivity index (χ2n) is 6.70. The Morgan fingerprint density at radius 2 is 1.86 bits per heavy atom. The molecule has 1 N–H and O–H groups in total. The normalized spacial score (nSPS) is 10.7. The van der Waals surface area contributed by atoms with E-state index in [1.165, 1.54) is 11.8 Å². The fraction of sp³-hybridized carbons (Fsp3) is 0.227. The van der Waals surface area contributed by atoms with Crippen molar-refractivity contribution in [3.8, 4) is 0 Å². The van der Waals surface area contributed by atoms with Gasteiger partial charge in [0.25, 0.3) is 0 Å². The Morgan fingerprint density at radius 3 is 2.52 bits per heavy atom. The number of allylic oxidation sites excluding steroid dienone is 1. The van der Waals surface area contributed by atoms with Crippen LogP contribution in [0.4, 0.5) is 5.69 Å². The predicted octanol–water partition coefficient (Wildman–Crippen LogP) is 5.06. The number of aromatic nitrogens is 3. The van der Waals surface area contributed by atoms with Gasteiger partial charge in [-0.05, 0) is 42.7 Å². The van der Waals surface area contributed by atoms with Crippen LogP contribution in [-0.4, -0.2) is 26.4 Å². The van der Waals surface area contributed by atoms with Gasteiger partial charge in [0.2, 0.25) is 5.91 Å². The Kier molecular flexibility index (Phi) is 7.12. The molecule has 0 atom stereocenters. The minimum absolute atomic E-state index is 0.0696. The largest absolute Gasteiger partial charge is 0.325 e. The Balaban J connectivity index is 1.68. The van der Waals surface area contributed by atoms with Gasteiger partial charge in [0.1, 0.15) is 5.82 Å². The van der Waals surface area contributed by atoms with E-state index in [1.807, 2.05) is 60.9 Å². The SMILES string of the molecule is C=CCn1c(Cc2ccc(Cl)cc2)nnc1SCC(=O)Nc1c(C)cccc1C. The van der Waals surface area contributed by atoms with Gasteiger partial charge in [-0.2, -0.15) is 0 Å². The summed E-state index contributed by atoms with van der Waals surface area (Å²) in [5.74, 6) is 1.01. The van der Waals surface area contributed by atoms with Gasteiger partial charge in [0.05, 0.1) is 5.75 Å². The van der Waals surface area contributed by atoms with Gasteiger partial charge in [-0.25, -0.2) is 0 Å². The van der Waals surface area contributed by atoms with Crippen LogP contribution >= 0.6 is 23.4 Å². The Labute approximate surface area is 180 Å². The number of nitrogens with zero attached hydrogens (tertiary/aromatic N) is 3. The number of halogens is 1. The molecule has 3 aromatic rings. The van der Waals surface area contributed by atoms with Gasteiger partial charge in [-0.1, -0.05) is 59.8 Å². The van der Waals surface area contributed by atoms with E-state index in [4.69, 9.17) is 11.6 Å². The zero-order chi connectivity index (χ0) is 20.8. The number of nitrogens with one attached hydrogen (secondary N) is 1. The predicted molar refractivity (Wildman–Crippen MR) is 120 cm³/mol. The topological polar surface area (TPSA) is 59.8 Å². The highest BCUT2D eigenvalue weighted by molar-refractivity contribution is 7.99. The number of amides is 1. The molecule has 2 aromatic carbocycles. The van der Waals surface area contributed by atoms with Crippen LogP contribution in [0.5, 0.6) is 0 Å². The molecule has 0 aliphatic rings. The number of rotatable bonds is 8. The molecule has 1 aromatic heterocycles. The molecule has 0 radical (unpaired) electrons. The van der Waals surface area contributed by atoms with Crippen molar-refractivity contribution in [1.29, 1.82) is 0 Å². The number of carbonyl (C=O) groups excluding carboxylic acids is 1. The van der Waals surface area contributed by atoms with Crippen molar-refractivity contribution in [2.45, 2.75) is 32.0 Å². The number of thioether (sulfide) groups is 1. The summed E-state index contributed by atoms with van der Waals surface area (Å²) in [6.45, 7) is 8.38. The minimum atomic E-state index is -0.0696. The zero-order valence-corrected chi connectivity index (χ0v) is 18.1. The zero-order valence-electron chi connectivity index (χ0n) is 16.5. The minimum Gasteiger partial charge on any atom is -0.325 e. The molecule has 0 saturated heterocycles. The monoisotopic (exact) mass is 426 g/mol. The van der Waals surface area contributed by atoms with Crippen LogP contribution in [0.2, 0.25) is 5.02 Å². The Morgan fingerprint density at radius 1 is 1.17 bits per heavy atom. The molecule has 0 aliphatic heterocycles. The smallest absolute Gasteiger partial charge is 0.234 e. The lowest BCUT2D eigenvalue weighted by molar-refractivity contribution is -0.113. The summed E-state index contributed by atoms with van der Waals surface area (Å²) in [5, 5.41) is 13.0. The molecule has 7 heteroatoms. The van der Waals surface area contributed by atoms with E-state index >= 15 is 0 Å². The molecule has 0 saturated carbocycles. The maximum atomic E-state index is 12.5. The average molecular weight is 427 g/mol. The third kappa shape index (κ3) is 5.49. The van der Waals surface area contributed by atoms with Crippen molar-refractivity contribution in [2.24, 2.45) is 0 Å². The van der Waals surface area contributed by atoms with Crippen LogP contribution in [0.15, 0.2) is 60.3 Å². The second-order valence-corrected chi connectivity index (χ2v) is 8.08. The summed E-state index contributed by atoms with van der Waals surface area (Å²) in [4.78, 5) is 12.5. The van der Waals surface area contributed by atoms with Crippen LogP contribution in [0.3, 0.4) is 0 Å². The molecule has 29 heavy (non-hydrogen) atoms. The van der Waals surface area contributed by atoms with Crippen LogP contribution in [-0.2, 0) is 17.8 Å². The molecule has 0 bridgehead atoms. The van der Waals surface area contributed by atoms with Crippen molar-refractivity contribution in [2.75, 3.05) is 11.1 Å². The van der Waals surface area contributed by atoms with Crippen LogP contribution < -0.4 is 5.32 Å². The third-order valence-electron chi connectivity index (χ3n) is 4.46. The summed E-state index contributed by atoms with van der Waals surface area (Å²) in [7, 11) is 0. The molecule has 150 valence electrons. The molecule has 0 aliphatic carbocycles. The van der Waals surface area contributed by atoms with E-state index in [0.717, 1.165) is 28.2 Å². The molecule has 5 nitrogen and oxygen atoms in total. The lowest BCUT2D eigenvalue weighted by Crippen LogP contribution is -2.16. The van der Waals surface area contributed by atoms with Crippen molar-refractivity contribution in [3.63, 3.8) is 0 Å². The number of anilines is 1. The van der Waals surface area contributed by atoms with Crippen molar-refractivity contribution < 1.29 is 4.79 Å². The van der Waals surface area contributed by atoms with E-state index in [9.17, 15) is 4.79 Å². The quantitative estimate of drug-likeness (QED) is 0.404. The summed E-state index contributed by atoms with van der Waals surface area (Å²) in [5.41, 5.74) is 4.05. The molecular formula is C22H23ClN4OS. The fourth-order valence-corrected chi connectivity index (χ4v) is 3.86. The lowest BCUT2D eigenvalue weighted by Gasteiger charge is -2.11. The van der Waals surface area contributed by atoms with Crippen molar-refractivity contribution >= 4 is 35.0 Å². The first kappa shape index (κ1) is 21.1. The summed E-state index contributed by atoms with van der Waals surface area (Å²) in [6, 6.07) is 13.6. The summed E-state index contributed by atoms with van der Waals surface area (Å²) < 4.78 is 1.98. The first-order valence-corrected chi connectivity index (χ1v) is 10.6. The highest BCUT2D eigenvalue weighted by Gasteiger charge is 2.15. The number of carbonyl (C=O) groups is 1. The van der Waals surface area contributed by atoms with E-state index < -0.39 is 0 Å². The van der Waals surface area contributed by atoms with E-state index in [2.05, 4.69) is 22.1 Å². The van der Waals surface area contributed by atoms with Gasteiger partial charge < -0.3 is 9.88 Å². The van der Waals surface area contributed by atoms with Crippen molar-refractivity contribution in [3.05, 3.63) is 82.7 Å². The van der Waals surface area contributed by atoms with Gasteiger partial charge in [-0.15, -0.1) is 16.8 Å². The molecule has 0 unspecified atom stereocenters. The maximum Gasteiger partial charge on any atom is 0.234 e. The number of para-hydroxylation sites is 1. The second kappa shape index (κ2) is 9.76. The standard InChI is InChI=1S/C22H23ClN4OS/c1-4-12-27-19(13-17-8-10-18(23)11-9-17)25-26-22(27)29-14-20(28)24-21-15(2)6-5-7-16(21)3/h4-11H,1,12-14H2,2-3H3,(H,24,28). The van der Waals surface area contributed by atoms with E-state index in [-0.39, 0.29) is 11.7 Å². The Bertz CT molecular complexity index is 994. The molecule has 3 rings (SSSR count). The fourth-order valence-electron chi connectivity index (χ4n) is 2.97. The molecule has 0 fully saturated rings. The van der Waals surface area contributed by atoms with Gasteiger partial charge >= 0.3 is 0 Å². The van der Waals surface area contributed by atoms with Gasteiger partial charge in [0.15, 0.2) is 5.16 Å². The first-order chi connectivity index (χ1) is 14.0. The van der Waals surface area contributed by atoms with Crippen LogP contribution in [0, 0.1) is 13.8 Å². The number of benzene rings is 2. The first-order valence-electron chi connectivity index (χ1n) is 9.24. The van der Waals surface area contributed by atoms with Crippen LogP contribution in [0.1, 0.15) is 22.5 Å². The number of aryl methyl sites for hydroxylation is 2. The van der Waals surface area contributed by atoms with E-state index in [1.54, 1.807) is 6.08 Å². The number of hydrogen-bond donors (Lipinski definition) is 1. The molecule has 0 spiro atoms. The van der Waals surface area contributed by atoms with Crippen LogP contribution in [0.25, 0.3) is 0 Å². The van der Waals surface area contributed by atoms with E-state index in [0.29, 0.717) is 23.1 Å². The highest BCUT2D eigenvalue weighted by atomic mass is 35.5. The molecule has 1 heterocycles. The lowest BCUT2D eigenvalue weighted by atomic mass is 10.1. The molecule has 1 amide bonds. The summed E-state index contributed by atoms with van der Waals surface area (Å²) >= 11 is 7.33. The Hall–Kier alpha value is -2.57. The average Bonchev–Trinajstić information content (AvgIpc) is 3.07. The van der Waals surface area contributed by atoms with Crippen molar-refractivity contribution in [1.82, 2.24) is 14.8 Å². The highest BCUT2D eigenvalue weighted by Crippen LogP contribution is 2.22. The van der Waals surface area contributed by atoms with Gasteiger partial charge in [0, 0.05) is 23.7 Å².